The summed E-state index contributed by atoms with van der Waals surface area (Å²) in [5.41, 5.74) is 10.2. The lowest BCUT2D eigenvalue weighted by Gasteiger charge is -2.16. The Morgan fingerprint density at radius 1 is 1.39 bits per heavy atom. The molecule has 0 aromatic heterocycles. The van der Waals surface area contributed by atoms with Crippen LogP contribution in [-0.4, -0.2) is 0 Å². The van der Waals surface area contributed by atoms with Crippen LogP contribution in [-0.2, 0) is 6.42 Å². The fourth-order valence-electron chi connectivity index (χ4n) is 2.43. The van der Waals surface area contributed by atoms with E-state index in [2.05, 4.69) is 86.7 Å². The number of allylic oxidation sites excluding steroid dienone is 6. The summed E-state index contributed by atoms with van der Waals surface area (Å²) in [5.74, 6) is 0. The predicted molar refractivity (Wildman–Crippen MR) is 110 cm³/mol. The molecule has 0 aliphatic rings. The molecule has 0 N–H and O–H groups in total. The molecule has 0 radical (unpaired) electrons. The summed E-state index contributed by atoms with van der Waals surface area (Å²) in [6.45, 7) is 16.5. The van der Waals surface area contributed by atoms with Crippen LogP contribution < -0.4 is 0 Å². The van der Waals surface area contributed by atoms with Crippen LogP contribution in [0.5, 0.6) is 0 Å². The van der Waals surface area contributed by atoms with Gasteiger partial charge in [0.1, 0.15) is 0 Å². The van der Waals surface area contributed by atoms with Gasteiger partial charge in [-0.05, 0) is 67.3 Å². The van der Waals surface area contributed by atoms with Gasteiger partial charge in [-0.3, -0.25) is 0 Å². The van der Waals surface area contributed by atoms with Crippen LogP contribution in [0.15, 0.2) is 75.7 Å². The molecule has 0 aliphatic carbocycles. The van der Waals surface area contributed by atoms with E-state index in [-0.39, 0.29) is 0 Å². The van der Waals surface area contributed by atoms with Crippen molar-refractivity contribution in [2.45, 2.75) is 45.4 Å². The smallest absolute Gasteiger partial charge is 0.0264 e. The molecule has 23 heavy (non-hydrogen) atoms. The minimum atomic E-state index is 0.846. The number of benzene rings is 1. The summed E-state index contributed by atoms with van der Waals surface area (Å²) < 4.78 is 0. The van der Waals surface area contributed by atoms with Gasteiger partial charge in [-0.2, -0.15) is 0 Å². The van der Waals surface area contributed by atoms with Gasteiger partial charge in [0.15, 0.2) is 0 Å². The first-order valence-electron chi connectivity index (χ1n) is 7.85. The summed E-state index contributed by atoms with van der Waals surface area (Å²) in [6.07, 6.45) is 3.93. The van der Waals surface area contributed by atoms with E-state index in [1.165, 1.54) is 22.3 Å². The average Bonchev–Trinajstić information content (AvgIpc) is 2.56. The Morgan fingerprint density at radius 3 is 2.57 bits per heavy atom. The van der Waals surface area contributed by atoms with Gasteiger partial charge in [-0.25, -0.2) is 0 Å². The molecule has 1 unspecified atom stereocenters. The first-order valence-corrected chi connectivity index (χ1v) is 8.87. The highest BCUT2D eigenvalue weighted by Crippen LogP contribution is 2.33. The summed E-state index contributed by atoms with van der Waals surface area (Å²) in [4.78, 5) is 1.03. The van der Waals surface area contributed by atoms with Crippen LogP contribution >= 0.6 is 21.9 Å². The van der Waals surface area contributed by atoms with Gasteiger partial charge in [0.05, 0.1) is 0 Å². The summed E-state index contributed by atoms with van der Waals surface area (Å²) in [6, 6.07) is 6.23. The lowest BCUT2D eigenvalue weighted by molar-refractivity contribution is 1.08. The molecule has 2 heteroatoms. The zero-order chi connectivity index (χ0) is 17.6. The molecule has 122 valence electrons. The number of rotatable bonds is 6. The van der Waals surface area contributed by atoms with Crippen molar-refractivity contribution < 1.29 is 0 Å². The standard InChI is InChI=1S/C21H27PS/c1-7-14(4)15(5)21(22)19(9-3)17(8-2)13-18-11-10-12-20(23)16(18)6/h8,10-12,23H,3-4,7,13,22H2,1-2,5-6H3/b17-8-,21-15-. The second kappa shape index (κ2) is 9.14. The molecule has 0 bridgehead atoms. The first kappa shape index (κ1) is 19.8. The molecule has 0 aliphatic heterocycles. The monoisotopic (exact) mass is 342 g/mol. The first-order chi connectivity index (χ1) is 10.9. The molecule has 0 fully saturated rings. The highest BCUT2D eigenvalue weighted by Gasteiger charge is 2.12. The molecule has 0 saturated carbocycles. The van der Waals surface area contributed by atoms with Crippen molar-refractivity contribution in [1.82, 2.24) is 0 Å². The quantitative estimate of drug-likeness (QED) is 0.256. The van der Waals surface area contributed by atoms with Gasteiger partial charge in [0.25, 0.3) is 0 Å². The third-order valence-corrected chi connectivity index (χ3v) is 5.48. The van der Waals surface area contributed by atoms with Gasteiger partial charge >= 0.3 is 0 Å². The maximum absolute atomic E-state index is 4.53. The van der Waals surface area contributed by atoms with E-state index in [0.29, 0.717) is 0 Å². The van der Waals surface area contributed by atoms with Gasteiger partial charge in [0, 0.05) is 10.5 Å². The lowest BCUT2D eigenvalue weighted by atomic mass is 9.93. The van der Waals surface area contributed by atoms with Crippen LogP contribution in [0.3, 0.4) is 0 Å². The second-order valence-electron chi connectivity index (χ2n) is 5.60. The maximum Gasteiger partial charge on any atom is 0.0264 e. The summed E-state index contributed by atoms with van der Waals surface area (Å²) >= 11 is 4.53. The third-order valence-electron chi connectivity index (χ3n) is 4.28. The molecule has 0 spiro atoms. The van der Waals surface area contributed by atoms with Crippen LogP contribution in [0.4, 0.5) is 0 Å². The predicted octanol–water partition coefficient (Wildman–Crippen LogP) is 6.60. The van der Waals surface area contributed by atoms with Gasteiger partial charge in [0.2, 0.25) is 0 Å². The Bertz CT molecular complexity index is 713. The zero-order valence-corrected chi connectivity index (χ0v) is 16.7. The second-order valence-corrected chi connectivity index (χ2v) is 6.66. The van der Waals surface area contributed by atoms with E-state index in [1.807, 2.05) is 6.07 Å². The minimum Gasteiger partial charge on any atom is -0.143 e. The number of hydrogen-bond donors (Lipinski definition) is 1. The topological polar surface area (TPSA) is 0 Å². The van der Waals surface area contributed by atoms with Crippen LogP contribution in [0.2, 0.25) is 0 Å². The number of hydrogen-bond acceptors (Lipinski definition) is 1. The van der Waals surface area contributed by atoms with Crippen LogP contribution in [0.1, 0.15) is 38.3 Å². The Hall–Kier alpha value is -1.26. The molecular formula is C21H27PS. The van der Waals surface area contributed by atoms with Crippen molar-refractivity contribution in [1.29, 1.82) is 0 Å². The molecule has 0 saturated heterocycles. The van der Waals surface area contributed by atoms with Gasteiger partial charge < -0.3 is 0 Å². The fraction of sp³-hybridized carbons (Fsp3) is 0.286. The molecule has 1 rings (SSSR count). The minimum absolute atomic E-state index is 0.846. The van der Waals surface area contributed by atoms with Crippen molar-refractivity contribution in [2.75, 3.05) is 0 Å². The Kier molecular flexibility index (Phi) is 7.86. The molecule has 1 atom stereocenters. The molecular weight excluding hydrogens is 315 g/mol. The van der Waals surface area contributed by atoms with E-state index in [1.54, 1.807) is 0 Å². The van der Waals surface area contributed by atoms with Crippen molar-refractivity contribution in [2.24, 2.45) is 0 Å². The van der Waals surface area contributed by atoms with E-state index < -0.39 is 0 Å². The average molecular weight is 342 g/mol. The molecule has 0 nitrogen and oxygen atoms in total. The normalized spacial score (nSPS) is 12.5. The highest BCUT2D eigenvalue weighted by atomic mass is 32.1. The third kappa shape index (κ3) is 4.85. The van der Waals surface area contributed by atoms with Crippen LogP contribution in [0.25, 0.3) is 0 Å². The zero-order valence-electron chi connectivity index (χ0n) is 14.7. The van der Waals surface area contributed by atoms with Crippen molar-refractivity contribution in [3.8, 4) is 0 Å². The fourth-order valence-corrected chi connectivity index (χ4v) is 3.15. The molecule has 0 amide bonds. The van der Waals surface area contributed by atoms with E-state index in [4.69, 9.17) is 0 Å². The van der Waals surface area contributed by atoms with Crippen molar-refractivity contribution in [3.63, 3.8) is 0 Å². The van der Waals surface area contributed by atoms with Crippen LogP contribution in [0, 0.1) is 6.92 Å². The highest BCUT2D eigenvalue weighted by molar-refractivity contribution is 7.80. The lowest BCUT2D eigenvalue weighted by Crippen LogP contribution is -1.99. The Morgan fingerprint density at radius 2 is 2.04 bits per heavy atom. The van der Waals surface area contributed by atoms with Gasteiger partial charge in [-0.1, -0.05) is 43.9 Å². The van der Waals surface area contributed by atoms with E-state index in [9.17, 15) is 0 Å². The Labute approximate surface area is 149 Å². The summed E-state index contributed by atoms with van der Waals surface area (Å²) in [7, 11) is 2.84. The van der Waals surface area contributed by atoms with Crippen molar-refractivity contribution >= 4 is 21.9 Å². The van der Waals surface area contributed by atoms with E-state index >= 15 is 0 Å². The molecule has 1 aromatic rings. The molecule has 0 heterocycles. The molecule has 1 aromatic carbocycles. The Balaban J connectivity index is 3.26. The number of thiol groups is 1. The van der Waals surface area contributed by atoms with Gasteiger partial charge in [-0.15, -0.1) is 27.6 Å². The largest absolute Gasteiger partial charge is 0.143 e. The SMILES string of the molecule is C=C=C(/C(=C\C)Cc1cccc(S)c1C)/C(P)=C(\C)C(=C)CC. The van der Waals surface area contributed by atoms with E-state index in [0.717, 1.165) is 34.2 Å². The maximum atomic E-state index is 4.53. The van der Waals surface area contributed by atoms with Crippen molar-refractivity contribution in [3.05, 3.63) is 81.9 Å². The summed E-state index contributed by atoms with van der Waals surface area (Å²) in [5, 5.41) is 1.12.